The summed E-state index contributed by atoms with van der Waals surface area (Å²) < 4.78 is 30.0. The van der Waals surface area contributed by atoms with Gasteiger partial charge in [0.15, 0.2) is 9.84 Å². The van der Waals surface area contributed by atoms with Crippen molar-refractivity contribution in [1.82, 2.24) is 0 Å². The maximum absolute atomic E-state index is 12.3. The van der Waals surface area contributed by atoms with Gasteiger partial charge in [0.2, 0.25) is 0 Å². The minimum Gasteiger partial charge on any atom is -0.376 e. The Hall–Kier alpha value is -0.910. The Morgan fingerprint density at radius 2 is 2.05 bits per heavy atom. The zero-order valence-corrected chi connectivity index (χ0v) is 12.1. The first-order chi connectivity index (χ1) is 9.06. The third-order valence-corrected chi connectivity index (χ3v) is 5.28. The van der Waals surface area contributed by atoms with Gasteiger partial charge in [0.05, 0.1) is 16.8 Å². The van der Waals surface area contributed by atoms with E-state index in [0.717, 1.165) is 19.3 Å². The third kappa shape index (κ3) is 3.35. The van der Waals surface area contributed by atoms with E-state index >= 15 is 0 Å². The van der Waals surface area contributed by atoms with Gasteiger partial charge in [-0.05, 0) is 49.4 Å². The van der Waals surface area contributed by atoms with Gasteiger partial charge >= 0.3 is 0 Å². The smallest absolute Gasteiger partial charge is 0.180 e. The van der Waals surface area contributed by atoms with Gasteiger partial charge in [-0.15, -0.1) is 0 Å². The van der Waals surface area contributed by atoms with Gasteiger partial charge in [-0.3, -0.25) is 0 Å². The monoisotopic (exact) mass is 283 g/mol. The number of sulfone groups is 1. The molecule has 0 amide bonds. The number of hydrogen-bond donors (Lipinski definition) is 1. The number of nitrogens with two attached hydrogens (primary N) is 1. The summed E-state index contributed by atoms with van der Waals surface area (Å²) >= 11 is 0. The predicted molar refractivity (Wildman–Crippen MR) is 75.0 cm³/mol. The summed E-state index contributed by atoms with van der Waals surface area (Å²) in [4.78, 5) is 0.395. The van der Waals surface area contributed by atoms with E-state index < -0.39 is 15.9 Å². The summed E-state index contributed by atoms with van der Waals surface area (Å²) in [6, 6.07) is 5.46. The van der Waals surface area contributed by atoms with Crippen LogP contribution in [0.15, 0.2) is 23.1 Å². The van der Waals surface area contributed by atoms with E-state index in [1.54, 1.807) is 6.07 Å². The average molecular weight is 283 g/mol. The Balaban J connectivity index is 2.19. The molecule has 1 aromatic carbocycles. The molecule has 1 aliphatic carbocycles. The highest BCUT2D eigenvalue weighted by atomic mass is 32.2. The van der Waals surface area contributed by atoms with Gasteiger partial charge in [0.25, 0.3) is 0 Å². The van der Waals surface area contributed by atoms with Gasteiger partial charge in [-0.2, -0.15) is 0 Å². The van der Waals surface area contributed by atoms with E-state index in [1.807, 2.05) is 19.1 Å². The molecule has 0 fully saturated rings. The number of aryl methyl sites for hydroxylation is 2. The van der Waals surface area contributed by atoms with E-state index in [9.17, 15) is 8.42 Å². The van der Waals surface area contributed by atoms with Crippen LogP contribution in [0.3, 0.4) is 0 Å². The molecule has 4 nitrogen and oxygen atoms in total. The molecule has 2 N–H and O–H groups in total. The normalized spacial score (nSPS) is 16.3. The van der Waals surface area contributed by atoms with Crippen molar-refractivity contribution in [2.45, 2.75) is 37.2 Å². The Morgan fingerprint density at radius 3 is 2.74 bits per heavy atom. The van der Waals surface area contributed by atoms with Crippen molar-refractivity contribution in [1.29, 1.82) is 0 Å². The van der Waals surface area contributed by atoms with E-state index in [0.29, 0.717) is 11.5 Å². The molecule has 0 saturated heterocycles. The van der Waals surface area contributed by atoms with Crippen molar-refractivity contribution in [2.24, 2.45) is 5.73 Å². The van der Waals surface area contributed by atoms with Crippen LogP contribution in [0.2, 0.25) is 0 Å². The lowest BCUT2D eigenvalue weighted by Gasteiger charge is -2.15. The molecule has 1 unspecified atom stereocenters. The molecule has 0 bridgehead atoms. The number of hydrogen-bond acceptors (Lipinski definition) is 4. The van der Waals surface area contributed by atoms with Crippen LogP contribution in [-0.4, -0.2) is 33.4 Å². The second-order valence-electron chi connectivity index (χ2n) is 4.88. The SMILES string of the molecule is CCOC(CN)CS(=O)(=O)c1ccc2c(c1)CCC2. The minimum absolute atomic E-state index is 0.0455. The van der Waals surface area contributed by atoms with Gasteiger partial charge < -0.3 is 10.5 Å². The Morgan fingerprint density at radius 1 is 1.32 bits per heavy atom. The van der Waals surface area contributed by atoms with Gasteiger partial charge in [0, 0.05) is 13.2 Å². The van der Waals surface area contributed by atoms with Crippen molar-refractivity contribution in [3.8, 4) is 0 Å². The molecular formula is C14H21NO3S. The number of benzene rings is 1. The fraction of sp³-hybridized carbons (Fsp3) is 0.571. The lowest BCUT2D eigenvalue weighted by Crippen LogP contribution is -2.31. The Kier molecular flexibility index (Phi) is 4.60. The standard InChI is InChI=1S/C14H21NO3S/c1-2-18-13(9-15)10-19(16,17)14-7-6-11-4-3-5-12(11)8-14/h6-8,13H,2-5,9-10,15H2,1H3. The van der Waals surface area contributed by atoms with Gasteiger partial charge in [0.1, 0.15) is 0 Å². The molecule has 0 aliphatic heterocycles. The van der Waals surface area contributed by atoms with Crippen molar-refractivity contribution in [3.63, 3.8) is 0 Å². The maximum atomic E-state index is 12.3. The van der Waals surface area contributed by atoms with Crippen LogP contribution in [0.1, 0.15) is 24.5 Å². The highest BCUT2D eigenvalue weighted by molar-refractivity contribution is 7.91. The van der Waals surface area contributed by atoms with Crippen LogP contribution in [0.4, 0.5) is 0 Å². The summed E-state index contributed by atoms with van der Waals surface area (Å²) in [6.07, 6.45) is 2.72. The minimum atomic E-state index is -3.32. The van der Waals surface area contributed by atoms with E-state index in [2.05, 4.69) is 0 Å². The number of fused-ring (bicyclic) bond motifs is 1. The van der Waals surface area contributed by atoms with Crippen LogP contribution in [0, 0.1) is 0 Å². The topological polar surface area (TPSA) is 69.4 Å². The number of rotatable bonds is 6. The summed E-state index contributed by atoms with van der Waals surface area (Å²) in [6.45, 7) is 2.53. The van der Waals surface area contributed by atoms with Gasteiger partial charge in [-0.1, -0.05) is 6.07 Å². The zero-order valence-electron chi connectivity index (χ0n) is 11.3. The molecule has 0 aromatic heterocycles. The first-order valence-corrected chi connectivity index (χ1v) is 8.38. The average Bonchev–Trinajstić information content (AvgIpc) is 2.85. The summed E-state index contributed by atoms with van der Waals surface area (Å²) in [5, 5.41) is 0. The Labute approximate surface area is 114 Å². The maximum Gasteiger partial charge on any atom is 0.180 e. The van der Waals surface area contributed by atoms with Crippen molar-refractivity contribution >= 4 is 9.84 Å². The molecule has 106 valence electrons. The molecule has 1 atom stereocenters. The molecule has 0 radical (unpaired) electrons. The molecule has 1 aromatic rings. The lowest BCUT2D eigenvalue weighted by atomic mass is 10.1. The van der Waals surface area contributed by atoms with Crippen LogP contribution in [0.25, 0.3) is 0 Å². The second kappa shape index (κ2) is 6.03. The zero-order chi connectivity index (χ0) is 13.9. The Bertz CT molecular complexity index is 540. The highest BCUT2D eigenvalue weighted by Crippen LogP contribution is 2.25. The summed E-state index contributed by atoms with van der Waals surface area (Å²) in [5.74, 6) is -0.0455. The van der Waals surface area contributed by atoms with Gasteiger partial charge in [-0.25, -0.2) is 8.42 Å². The molecule has 2 rings (SSSR count). The predicted octanol–water partition coefficient (Wildman–Crippen LogP) is 1.31. The molecule has 0 spiro atoms. The van der Waals surface area contributed by atoms with E-state index in [1.165, 1.54) is 11.1 Å². The summed E-state index contributed by atoms with van der Waals surface area (Å²) in [5.41, 5.74) is 7.99. The molecule has 19 heavy (non-hydrogen) atoms. The fourth-order valence-corrected chi connectivity index (χ4v) is 4.01. The van der Waals surface area contributed by atoms with Crippen LogP contribution in [-0.2, 0) is 27.4 Å². The summed E-state index contributed by atoms with van der Waals surface area (Å²) in [7, 11) is -3.32. The van der Waals surface area contributed by atoms with Crippen molar-refractivity contribution in [2.75, 3.05) is 18.9 Å². The van der Waals surface area contributed by atoms with Crippen LogP contribution in [0.5, 0.6) is 0 Å². The fourth-order valence-electron chi connectivity index (χ4n) is 2.50. The van der Waals surface area contributed by atoms with Crippen molar-refractivity contribution < 1.29 is 13.2 Å². The van der Waals surface area contributed by atoms with Crippen molar-refractivity contribution in [3.05, 3.63) is 29.3 Å². The lowest BCUT2D eigenvalue weighted by molar-refractivity contribution is 0.0846. The third-order valence-electron chi connectivity index (χ3n) is 3.50. The molecular weight excluding hydrogens is 262 g/mol. The molecule has 5 heteroatoms. The first kappa shape index (κ1) is 14.5. The van der Waals surface area contributed by atoms with E-state index in [4.69, 9.17) is 10.5 Å². The molecule has 1 aliphatic rings. The quantitative estimate of drug-likeness (QED) is 0.854. The van der Waals surface area contributed by atoms with Crippen LogP contribution >= 0.6 is 0 Å². The molecule has 0 heterocycles. The first-order valence-electron chi connectivity index (χ1n) is 6.73. The second-order valence-corrected chi connectivity index (χ2v) is 6.91. The largest absolute Gasteiger partial charge is 0.376 e. The molecule has 0 saturated carbocycles. The highest BCUT2D eigenvalue weighted by Gasteiger charge is 2.22. The van der Waals surface area contributed by atoms with E-state index in [-0.39, 0.29) is 12.3 Å². The van der Waals surface area contributed by atoms with Crippen LogP contribution < -0.4 is 5.73 Å². The number of ether oxygens (including phenoxy) is 1.